The lowest BCUT2D eigenvalue weighted by atomic mass is 10.2. The Morgan fingerprint density at radius 2 is 2.06 bits per heavy atom. The molecule has 0 aliphatic heterocycles. The zero-order valence-corrected chi connectivity index (χ0v) is 11.9. The van der Waals surface area contributed by atoms with Crippen molar-refractivity contribution in [3.05, 3.63) is 40.3 Å². The molecular formula is C13H14BrN3O. The number of nitrogens with zero attached hydrogens (tertiary/aromatic N) is 2. The minimum atomic E-state index is 0.513. The quantitative estimate of drug-likeness (QED) is 0.882. The molecule has 0 fully saturated rings. The fourth-order valence-electron chi connectivity index (χ4n) is 1.63. The predicted octanol–water partition coefficient (Wildman–Crippen LogP) is 3.48. The molecule has 18 heavy (non-hydrogen) atoms. The number of aromatic nitrogens is 2. The molecule has 0 radical (unpaired) electrons. The first kappa shape index (κ1) is 12.8. The van der Waals surface area contributed by atoms with Gasteiger partial charge in [-0.25, -0.2) is 9.97 Å². The fourth-order valence-corrected chi connectivity index (χ4v) is 2.22. The van der Waals surface area contributed by atoms with Crippen molar-refractivity contribution < 1.29 is 4.74 Å². The van der Waals surface area contributed by atoms with E-state index in [-0.39, 0.29) is 0 Å². The predicted molar refractivity (Wildman–Crippen MR) is 74.8 cm³/mol. The van der Waals surface area contributed by atoms with Gasteiger partial charge in [0.15, 0.2) is 5.75 Å². The Hall–Kier alpha value is -1.62. The number of benzene rings is 1. The highest BCUT2D eigenvalue weighted by molar-refractivity contribution is 9.10. The van der Waals surface area contributed by atoms with E-state index in [2.05, 4.69) is 25.9 Å². The molecule has 0 unspecified atom stereocenters. The molecule has 0 atom stereocenters. The smallest absolute Gasteiger partial charge is 0.222 e. The lowest BCUT2D eigenvalue weighted by Crippen LogP contribution is -1.98. The van der Waals surface area contributed by atoms with Crippen LogP contribution in [0.15, 0.2) is 29.0 Å². The number of nitrogens with two attached hydrogens (primary N) is 1. The van der Waals surface area contributed by atoms with Gasteiger partial charge in [0.2, 0.25) is 5.88 Å². The van der Waals surface area contributed by atoms with Crippen LogP contribution in [0.3, 0.4) is 0 Å². The summed E-state index contributed by atoms with van der Waals surface area (Å²) in [6.07, 6.45) is 2.34. The van der Waals surface area contributed by atoms with Crippen molar-refractivity contribution in [2.45, 2.75) is 20.3 Å². The van der Waals surface area contributed by atoms with Gasteiger partial charge in [-0.3, -0.25) is 0 Å². The van der Waals surface area contributed by atoms with Crippen LogP contribution >= 0.6 is 15.9 Å². The Kier molecular flexibility index (Phi) is 3.81. The summed E-state index contributed by atoms with van der Waals surface area (Å²) < 4.78 is 6.67. The van der Waals surface area contributed by atoms with Crippen molar-refractivity contribution >= 4 is 21.6 Å². The molecule has 4 nitrogen and oxygen atoms in total. The molecule has 0 saturated heterocycles. The van der Waals surface area contributed by atoms with Crippen LogP contribution < -0.4 is 10.5 Å². The Bertz CT molecular complexity index is 549. The Morgan fingerprint density at radius 1 is 1.28 bits per heavy atom. The van der Waals surface area contributed by atoms with Crippen molar-refractivity contribution in [2.75, 3.05) is 5.73 Å². The van der Waals surface area contributed by atoms with Gasteiger partial charge in [0.1, 0.15) is 6.33 Å². The summed E-state index contributed by atoms with van der Waals surface area (Å²) >= 11 is 3.39. The maximum Gasteiger partial charge on any atom is 0.222 e. The van der Waals surface area contributed by atoms with Crippen molar-refractivity contribution in [2.24, 2.45) is 0 Å². The van der Waals surface area contributed by atoms with Gasteiger partial charge in [-0.2, -0.15) is 0 Å². The summed E-state index contributed by atoms with van der Waals surface area (Å²) in [6.45, 7) is 3.98. The molecule has 1 heterocycles. The highest BCUT2D eigenvalue weighted by Gasteiger charge is 2.09. The first-order chi connectivity index (χ1) is 8.60. The fraction of sp³-hybridized carbons (Fsp3) is 0.231. The van der Waals surface area contributed by atoms with Crippen LogP contribution in [0.4, 0.5) is 5.69 Å². The van der Waals surface area contributed by atoms with Crippen LogP contribution in [0.5, 0.6) is 11.6 Å². The van der Waals surface area contributed by atoms with Crippen molar-refractivity contribution in [3.63, 3.8) is 0 Å². The Labute approximate surface area is 114 Å². The summed E-state index contributed by atoms with van der Waals surface area (Å²) in [5.74, 6) is 1.15. The van der Waals surface area contributed by atoms with Crippen LogP contribution in [-0.4, -0.2) is 9.97 Å². The van der Waals surface area contributed by atoms with E-state index in [1.165, 1.54) is 6.33 Å². The van der Waals surface area contributed by atoms with Gasteiger partial charge in [-0.05, 0) is 31.0 Å². The minimum absolute atomic E-state index is 0.513. The van der Waals surface area contributed by atoms with Gasteiger partial charge < -0.3 is 10.5 Å². The number of halogens is 1. The SMILES string of the molecule is CCc1cc(Oc2c(C)cc(Br)cc2N)ncn1. The molecule has 94 valence electrons. The molecule has 0 aliphatic rings. The third-order valence-electron chi connectivity index (χ3n) is 2.54. The van der Waals surface area contributed by atoms with E-state index in [1.807, 2.05) is 32.0 Å². The van der Waals surface area contributed by atoms with Crippen LogP contribution in [0.25, 0.3) is 0 Å². The molecule has 1 aromatic heterocycles. The van der Waals surface area contributed by atoms with Gasteiger partial charge in [-0.15, -0.1) is 0 Å². The standard InChI is InChI=1S/C13H14BrN3O/c1-3-10-6-12(17-7-16-10)18-13-8(2)4-9(14)5-11(13)15/h4-7H,3,15H2,1-2H3. The number of aryl methyl sites for hydroxylation is 2. The van der Waals surface area contributed by atoms with Gasteiger partial charge >= 0.3 is 0 Å². The second-order valence-corrected chi connectivity index (χ2v) is 4.86. The van der Waals surface area contributed by atoms with E-state index >= 15 is 0 Å². The average Bonchev–Trinajstić information content (AvgIpc) is 2.34. The molecule has 2 aromatic rings. The number of hydrogen-bond donors (Lipinski definition) is 1. The summed E-state index contributed by atoms with van der Waals surface area (Å²) in [5.41, 5.74) is 8.42. The molecule has 0 saturated carbocycles. The molecule has 1 aromatic carbocycles. The Balaban J connectivity index is 2.33. The van der Waals surface area contributed by atoms with Gasteiger partial charge in [0.05, 0.1) is 5.69 Å². The first-order valence-corrected chi connectivity index (χ1v) is 6.44. The van der Waals surface area contributed by atoms with E-state index in [4.69, 9.17) is 10.5 Å². The van der Waals surface area contributed by atoms with Crippen LogP contribution in [0.1, 0.15) is 18.2 Å². The van der Waals surface area contributed by atoms with Crippen LogP contribution in [0, 0.1) is 6.92 Å². The van der Waals surface area contributed by atoms with Gasteiger partial charge in [0, 0.05) is 16.2 Å². The summed E-state index contributed by atoms with van der Waals surface area (Å²) in [7, 11) is 0. The topological polar surface area (TPSA) is 61.0 Å². The molecule has 2 N–H and O–H groups in total. The highest BCUT2D eigenvalue weighted by Crippen LogP contribution is 2.33. The van der Waals surface area contributed by atoms with Gasteiger partial charge in [0.25, 0.3) is 0 Å². The summed E-state index contributed by atoms with van der Waals surface area (Å²) in [4.78, 5) is 8.22. The van der Waals surface area contributed by atoms with Crippen LogP contribution in [0.2, 0.25) is 0 Å². The number of hydrogen-bond acceptors (Lipinski definition) is 4. The average molecular weight is 308 g/mol. The molecular weight excluding hydrogens is 294 g/mol. The summed E-state index contributed by atoms with van der Waals surface area (Å²) in [5, 5.41) is 0. The molecule has 0 spiro atoms. The lowest BCUT2D eigenvalue weighted by Gasteiger charge is -2.11. The van der Waals surface area contributed by atoms with Crippen LogP contribution in [-0.2, 0) is 6.42 Å². The normalized spacial score (nSPS) is 10.4. The van der Waals surface area contributed by atoms with Gasteiger partial charge in [-0.1, -0.05) is 22.9 Å². The number of ether oxygens (including phenoxy) is 1. The molecule has 2 rings (SSSR count). The zero-order valence-electron chi connectivity index (χ0n) is 10.3. The van der Waals surface area contributed by atoms with E-state index in [0.29, 0.717) is 17.3 Å². The second kappa shape index (κ2) is 5.35. The maximum atomic E-state index is 5.94. The minimum Gasteiger partial charge on any atom is -0.436 e. The Morgan fingerprint density at radius 3 is 2.72 bits per heavy atom. The maximum absolute atomic E-state index is 5.94. The summed E-state index contributed by atoms with van der Waals surface area (Å²) in [6, 6.07) is 5.58. The molecule has 5 heteroatoms. The third kappa shape index (κ3) is 2.79. The van der Waals surface area contributed by atoms with Crippen molar-refractivity contribution in [3.8, 4) is 11.6 Å². The monoisotopic (exact) mass is 307 g/mol. The number of rotatable bonds is 3. The van der Waals surface area contributed by atoms with E-state index in [0.717, 1.165) is 22.2 Å². The van der Waals surface area contributed by atoms with Crippen molar-refractivity contribution in [1.82, 2.24) is 9.97 Å². The second-order valence-electron chi connectivity index (χ2n) is 3.94. The van der Waals surface area contributed by atoms with E-state index in [1.54, 1.807) is 0 Å². The lowest BCUT2D eigenvalue weighted by molar-refractivity contribution is 0.459. The molecule has 0 bridgehead atoms. The van der Waals surface area contributed by atoms with Crippen molar-refractivity contribution in [1.29, 1.82) is 0 Å². The first-order valence-electron chi connectivity index (χ1n) is 5.64. The number of anilines is 1. The third-order valence-corrected chi connectivity index (χ3v) is 2.99. The van der Waals surface area contributed by atoms with E-state index < -0.39 is 0 Å². The number of nitrogen functional groups attached to an aromatic ring is 1. The molecule has 0 amide bonds. The molecule has 0 aliphatic carbocycles. The largest absolute Gasteiger partial charge is 0.436 e. The van der Waals surface area contributed by atoms with E-state index in [9.17, 15) is 0 Å². The zero-order chi connectivity index (χ0) is 13.1. The highest BCUT2D eigenvalue weighted by atomic mass is 79.9.